The lowest BCUT2D eigenvalue weighted by molar-refractivity contribution is -0.115. The lowest BCUT2D eigenvalue weighted by Crippen LogP contribution is -2.22. The third-order valence-corrected chi connectivity index (χ3v) is 6.27. The number of nitrogen functional groups attached to an aromatic ring is 1. The van der Waals surface area contributed by atoms with Crippen LogP contribution in [0.15, 0.2) is 59.8 Å². The molecule has 0 aliphatic rings. The summed E-state index contributed by atoms with van der Waals surface area (Å²) < 4.78 is 3.01. The maximum absolute atomic E-state index is 13.4. The molecule has 2 aromatic carbocycles. The van der Waals surface area contributed by atoms with E-state index in [0.717, 1.165) is 33.8 Å². The van der Waals surface area contributed by atoms with Crippen LogP contribution in [-0.2, 0) is 4.79 Å². The molecule has 4 aromatic rings. The largest absolute Gasteiger partial charge is 0.334 e. The van der Waals surface area contributed by atoms with Crippen LogP contribution in [-0.4, -0.2) is 30.6 Å². The minimum atomic E-state index is -0.573. The molecule has 4 rings (SSSR count). The van der Waals surface area contributed by atoms with Crippen molar-refractivity contribution >= 4 is 23.4 Å². The Morgan fingerprint density at radius 1 is 1.03 bits per heavy atom. The summed E-state index contributed by atoms with van der Waals surface area (Å²) in [7, 11) is 0. The normalized spacial score (nSPS) is 12.0. The summed E-state index contributed by atoms with van der Waals surface area (Å²) in [6.45, 7) is 7.79. The highest BCUT2D eigenvalue weighted by atomic mass is 32.2. The van der Waals surface area contributed by atoms with Gasteiger partial charge >= 0.3 is 0 Å². The molecule has 0 aliphatic carbocycles. The highest BCUT2D eigenvalue weighted by Crippen LogP contribution is 2.35. The molecule has 3 N–H and O–H groups in total. The van der Waals surface area contributed by atoms with Gasteiger partial charge in [-0.1, -0.05) is 54.2 Å². The van der Waals surface area contributed by atoms with E-state index in [1.165, 1.54) is 16.4 Å². The summed E-state index contributed by atoms with van der Waals surface area (Å²) in [4.78, 5) is 13.4. The monoisotopic (exact) mass is 447 g/mol. The van der Waals surface area contributed by atoms with Gasteiger partial charge in [-0.05, 0) is 56.5 Å². The first-order chi connectivity index (χ1) is 15.3. The standard InChI is InChI=1S/C23H25N7OS/c1-14-10-11-15(2)19(12-14)25-21(31)20(18-8-6-5-7-9-18)32-23-27-26-22(29(23)24)30-17(4)13-16(3)28-30/h5-13,20H,24H2,1-4H3,(H,25,31). The summed E-state index contributed by atoms with van der Waals surface area (Å²) in [5.74, 6) is 6.54. The van der Waals surface area contributed by atoms with E-state index in [2.05, 4.69) is 20.6 Å². The van der Waals surface area contributed by atoms with Gasteiger partial charge in [-0.2, -0.15) is 5.10 Å². The number of aromatic nitrogens is 5. The summed E-state index contributed by atoms with van der Waals surface area (Å²) in [5, 5.41) is 15.8. The van der Waals surface area contributed by atoms with Crippen molar-refractivity contribution in [3.8, 4) is 5.95 Å². The molecule has 0 saturated carbocycles. The summed E-state index contributed by atoms with van der Waals surface area (Å²) in [6, 6.07) is 17.5. The van der Waals surface area contributed by atoms with Crippen LogP contribution in [0, 0.1) is 27.7 Å². The minimum absolute atomic E-state index is 0.162. The molecule has 8 nitrogen and oxygen atoms in total. The van der Waals surface area contributed by atoms with E-state index in [0.29, 0.717) is 11.1 Å². The van der Waals surface area contributed by atoms with E-state index in [-0.39, 0.29) is 5.91 Å². The molecule has 0 bridgehead atoms. The van der Waals surface area contributed by atoms with Crippen LogP contribution in [0.1, 0.15) is 33.3 Å². The van der Waals surface area contributed by atoms with E-state index in [1.807, 2.05) is 82.3 Å². The lowest BCUT2D eigenvalue weighted by Gasteiger charge is -2.17. The van der Waals surface area contributed by atoms with Crippen LogP contribution in [0.25, 0.3) is 5.95 Å². The zero-order valence-electron chi connectivity index (χ0n) is 18.4. The number of aryl methyl sites for hydroxylation is 4. The fourth-order valence-electron chi connectivity index (χ4n) is 3.40. The number of nitrogens with two attached hydrogens (primary N) is 1. The molecule has 0 aliphatic heterocycles. The fraction of sp³-hybridized carbons (Fsp3) is 0.217. The molecule has 0 spiro atoms. The molecule has 164 valence electrons. The zero-order valence-corrected chi connectivity index (χ0v) is 19.2. The van der Waals surface area contributed by atoms with Gasteiger partial charge in [-0.3, -0.25) is 4.79 Å². The van der Waals surface area contributed by atoms with Crippen molar-refractivity contribution in [2.75, 3.05) is 11.2 Å². The Labute approximate surface area is 190 Å². The van der Waals surface area contributed by atoms with E-state index < -0.39 is 5.25 Å². The Bertz CT molecular complexity index is 1260. The second kappa shape index (κ2) is 8.88. The number of anilines is 1. The molecule has 32 heavy (non-hydrogen) atoms. The first kappa shape index (κ1) is 21.6. The lowest BCUT2D eigenvalue weighted by atomic mass is 10.1. The van der Waals surface area contributed by atoms with Gasteiger partial charge in [-0.15, -0.1) is 10.2 Å². The molecule has 2 heterocycles. The smallest absolute Gasteiger partial charge is 0.271 e. The number of thioether (sulfide) groups is 1. The Balaban J connectivity index is 1.66. The SMILES string of the molecule is Cc1ccc(C)c(NC(=O)C(Sc2nnc(-n3nc(C)cc3C)n2N)c2ccccc2)c1. The van der Waals surface area contributed by atoms with Crippen LogP contribution < -0.4 is 11.2 Å². The number of benzene rings is 2. The Morgan fingerprint density at radius 3 is 2.47 bits per heavy atom. The predicted octanol–water partition coefficient (Wildman–Crippen LogP) is 3.88. The van der Waals surface area contributed by atoms with Gasteiger partial charge < -0.3 is 11.2 Å². The topological polar surface area (TPSA) is 104 Å². The second-order valence-electron chi connectivity index (χ2n) is 7.71. The molecule has 1 amide bonds. The van der Waals surface area contributed by atoms with Gasteiger partial charge in [0, 0.05) is 11.4 Å². The van der Waals surface area contributed by atoms with Crippen molar-refractivity contribution in [1.29, 1.82) is 0 Å². The highest BCUT2D eigenvalue weighted by molar-refractivity contribution is 8.00. The average Bonchev–Trinajstić information content (AvgIpc) is 3.29. The maximum atomic E-state index is 13.4. The quantitative estimate of drug-likeness (QED) is 0.343. The maximum Gasteiger partial charge on any atom is 0.271 e. The van der Waals surface area contributed by atoms with Gasteiger partial charge in [0.1, 0.15) is 5.25 Å². The van der Waals surface area contributed by atoms with Crippen molar-refractivity contribution in [1.82, 2.24) is 24.7 Å². The minimum Gasteiger partial charge on any atom is -0.334 e. The predicted molar refractivity (Wildman–Crippen MR) is 126 cm³/mol. The van der Waals surface area contributed by atoms with Gasteiger partial charge in [0.2, 0.25) is 11.1 Å². The zero-order chi connectivity index (χ0) is 22.8. The third kappa shape index (κ3) is 4.38. The number of nitrogens with one attached hydrogen (secondary N) is 1. The number of carbonyl (C=O) groups excluding carboxylic acids is 1. The third-order valence-electron chi connectivity index (χ3n) is 5.06. The van der Waals surface area contributed by atoms with E-state index >= 15 is 0 Å². The Kier molecular flexibility index (Phi) is 6.00. The summed E-state index contributed by atoms with van der Waals surface area (Å²) in [6.07, 6.45) is 0. The van der Waals surface area contributed by atoms with E-state index in [1.54, 1.807) is 4.68 Å². The van der Waals surface area contributed by atoms with Gasteiger partial charge in [0.05, 0.1) is 5.69 Å². The molecular formula is C23H25N7OS. The van der Waals surface area contributed by atoms with Gasteiger partial charge in [-0.25, -0.2) is 9.36 Å². The van der Waals surface area contributed by atoms with Crippen LogP contribution in [0.2, 0.25) is 0 Å². The number of nitrogens with zero attached hydrogens (tertiary/aromatic N) is 5. The van der Waals surface area contributed by atoms with Gasteiger partial charge in [0.15, 0.2) is 0 Å². The average molecular weight is 448 g/mol. The number of hydrogen-bond acceptors (Lipinski definition) is 6. The number of amides is 1. The van der Waals surface area contributed by atoms with E-state index in [9.17, 15) is 4.79 Å². The van der Waals surface area contributed by atoms with E-state index in [4.69, 9.17) is 5.84 Å². The van der Waals surface area contributed by atoms with Crippen LogP contribution in [0.3, 0.4) is 0 Å². The van der Waals surface area contributed by atoms with Gasteiger partial charge in [0.25, 0.3) is 5.95 Å². The van der Waals surface area contributed by atoms with Crippen molar-refractivity contribution in [3.05, 3.63) is 82.7 Å². The first-order valence-corrected chi connectivity index (χ1v) is 11.1. The second-order valence-corrected chi connectivity index (χ2v) is 8.78. The van der Waals surface area contributed by atoms with Crippen LogP contribution in [0.4, 0.5) is 5.69 Å². The Morgan fingerprint density at radius 2 is 1.78 bits per heavy atom. The number of carbonyl (C=O) groups is 1. The number of rotatable bonds is 6. The van der Waals surface area contributed by atoms with Crippen LogP contribution in [0.5, 0.6) is 0 Å². The van der Waals surface area contributed by atoms with Crippen molar-refractivity contribution < 1.29 is 4.79 Å². The van der Waals surface area contributed by atoms with Crippen molar-refractivity contribution in [3.63, 3.8) is 0 Å². The summed E-state index contributed by atoms with van der Waals surface area (Å²) in [5.41, 5.74) is 5.45. The molecule has 2 aromatic heterocycles. The first-order valence-electron chi connectivity index (χ1n) is 10.2. The van der Waals surface area contributed by atoms with Crippen molar-refractivity contribution in [2.24, 2.45) is 0 Å². The molecule has 1 atom stereocenters. The van der Waals surface area contributed by atoms with Crippen LogP contribution >= 0.6 is 11.8 Å². The summed E-state index contributed by atoms with van der Waals surface area (Å²) >= 11 is 1.25. The highest BCUT2D eigenvalue weighted by Gasteiger charge is 2.26. The molecular weight excluding hydrogens is 422 g/mol. The molecule has 0 fully saturated rings. The van der Waals surface area contributed by atoms with Crippen molar-refractivity contribution in [2.45, 2.75) is 38.1 Å². The fourth-order valence-corrected chi connectivity index (χ4v) is 4.35. The molecule has 1 unspecified atom stereocenters. The number of hydrogen-bond donors (Lipinski definition) is 2. The Hall–Kier alpha value is -3.59. The molecule has 0 saturated heterocycles. The molecule has 0 radical (unpaired) electrons. The molecule has 9 heteroatoms.